The standard InChI is InChI=1S/C12H16O3/c1-7(2)9-5-10(8(3)13)12(15-4)11(14)6-9/h5-7,14H,1-4H3. The van der Waals surface area contributed by atoms with Gasteiger partial charge in [0, 0.05) is 0 Å². The molecule has 3 nitrogen and oxygen atoms in total. The van der Waals surface area contributed by atoms with E-state index in [4.69, 9.17) is 4.74 Å². The number of Topliss-reactive ketones (excluding diaryl/α,β-unsaturated/α-hetero) is 1. The van der Waals surface area contributed by atoms with Crippen molar-refractivity contribution in [3.8, 4) is 11.5 Å². The fourth-order valence-corrected chi connectivity index (χ4v) is 1.44. The van der Waals surface area contributed by atoms with Gasteiger partial charge in [-0.1, -0.05) is 13.8 Å². The molecular formula is C12H16O3. The van der Waals surface area contributed by atoms with Gasteiger partial charge in [-0.3, -0.25) is 4.79 Å². The molecule has 15 heavy (non-hydrogen) atoms. The number of carbonyl (C=O) groups is 1. The largest absolute Gasteiger partial charge is 0.504 e. The average molecular weight is 208 g/mol. The molecule has 0 aliphatic rings. The van der Waals surface area contributed by atoms with Crippen LogP contribution in [0.5, 0.6) is 11.5 Å². The lowest BCUT2D eigenvalue weighted by atomic mass is 9.98. The Morgan fingerprint density at radius 1 is 1.40 bits per heavy atom. The number of ketones is 1. The van der Waals surface area contributed by atoms with Crippen LogP contribution in [0.3, 0.4) is 0 Å². The molecule has 0 spiro atoms. The first-order valence-electron chi connectivity index (χ1n) is 4.89. The predicted octanol–water partition coefficient (Wildman–Crippen LogP) is 2.73. The van der Waals surface area contributed by atoms with Gasteiger partial charge in [0.05, 0.1) is 12.7 Å². The lowest BCUT2D eigenvalue weighted by Gasteiger charge is -2.12. The van der Waals surface area contributed by atoms with Crippen molar-refractivity contribution in [1.29, 1.82) is 0 Å². The first kappa shape index (κ1) is 11.6. The Bertz CT molecular complexity index is 381. The minimum atomic E-state index is -0.107. The van der Waals surface area contributed by atoms with Crippen LogP contribution in [-0.2, 0) is 0 Å². The van der Waals surface area contributed by atoms with Crippen LogP contribution in [0.4, 0.5) is 0 Å². The molecule has 0 saturated carbocycles. The number of phenolic OH excluding ortho intramolecular Hbond substituents is 1. The van der Waals surface area contributed by atoms with Crippen LogP contribution in [0.25, 0.3) is 0 Å². The van der Waals surface area contributed by atoms with Crippen molar-refractivity contribution in [1.82, 2.24) is 0 Å². The third kappa shape index (κ3) is 2.29. The fraction of sp³-hybridized carbons (Fsp3) is 0.417. The highest BCUT2D eigenvalue weighted by Gasteiger charge is 2.15. The molecule has 0 fully saturated rings. The molecule has 1 N–H and O–H groups in total. The van der Waals surface area contributed by atoms with Crippen LogP contribution in [0, 0.1) is 0 Å². The molecule has 3 heteroatoms. The summed E-state index contributed by atoms with van der Waals surface area (Å²) in [7, 11) is 1.44. The van der Waals surface area contributed by atoms with Gasteiger partial charge in [-0.15, -0.1) is 0 Å². The van der Waals surface area contributed by atoms with Crippen LogP contribution in [0.1, 0.15) is 42.6 Å². The second-order valence-corrected chi connectivity index (χ2v) is 3.83. The number of hydrogen-bond acceptors (Lipinski definition) is 3. The number of phenols is 1. The maximum atomic E-state index is 11.4. The van der Waals surface area contributed by atoms with Crippen molar-refractivity contribution in [2.45, 2.75) is 26.7 Å². The highest BCUT2D eigenvalue weighted by Crippen LogP contribution is 2.34. The Kier molecular flexibility index (Phi) is 3.35. The molecule has 0 bridgehead atoms. The lowest BCUT2D eigenvalue weighted by molar-refractivity contribution is 0.101. The van der Waals surface area contributed by atoms with E-state index in [1.165, 1.54) is 14.0 Å². The van der Waals surface area contributed by atoms with E-state index in [0.717, 1.165) is 5.56 Å². The van der Waals surface area contributed by atoms with E-state index >= 15 is 0 Å². The van der Waals surface area contributed by atoms with Gasteiger partial charge < -0.3 is 9.84 Å². The molecule has 1 rings (SSSR count). The second kappa shape index (κ2) is 4.34. The molecule has 0 saturated heterocycles. The van der Waals surface area contributed by atoms with Crippen molar-refractivity contribution in [3.05, 3.63) is 23.3 Å². The van der Waals surface area contributed by atoms with E-state index < -0.39 is 0 Å². The number of ether oxygens (including phenoxy) is 1. The number of aromatic hydroxyl groups is 1. The first-order chi connectivity index (χ1) is 6.97. The van der Waals surface area contributed by atoms with Gasteiger partial charge in [-0.05, 0) is 30.5 Å². The zero-order valence-corrected chi connectivity index (χ0v) is 9.50. The summed E-state index contributed by atoms with van der Waals surface area (Å²) in [6, 6.07) is 3.40. The van der Waals surface area contributed by atoms with E-state index in [1.807, 2.05) is 13.8 Å². The molecule has 0 atom stereocenters. The maximum Gasteiger partial charge on any atom is 0.171 e. The highest BCUT2D eigenvalue weighted by molar-refractivity contribution is 5.98. The monoisotopic (exact) mass is 208 g/mol. The van der Waals surface area contributed by atoms with Gasteiger partial charge in [-0.25, -0.2) is 0 Å². The predicted molar refractivity (Wildman–Crippen MR) is 58.8 cm³/mol. The van der Waals surface area contributed by atoms with E-state index in [-0.39, 0.29) is 23.2 Å². The summed E-state index contributed by atoms with van der Waals surface area (Å²) in [5.74, 6) is 0.436. The van der Waals surface area contributed by atoms with E-state index in [9.17, 15) is 9.90 Å². The van der Waals surface area contributed by atoms with Crippen LogP contribution >= 0.6 is 0 Å². The average Bonchev–Trinajstić information content (AvgIpc) is 2.16. The van der Waals surface area contributed by atoms with Gasteiger partial charge in [0.2, 0.25) is 0 Å². The summed E-state index contributed by atoms with van der Waals surface area (Å²) in [6.07, 6.45) is 0. The molecule has 0 aromatic heterocycles. The molecule has 1 aromatic carbocycles. The zero-order chi connectivity index (χ0) is 11.6. The molecule has 0 radical (unpaired) electrons. The SMILES string of the molecule is COc1c(O)cc(C(C)C)cc1C(C)=O. The Balaban J connectivity index is 3.38. The van der Waals surface area contributed by atoms with E-state index in [0.29, 0.717) is 5.56 Å². The number of hydrogen-bond donors (Lipinski definition) is 1. The molecule has 82 valence electrons. The molecule has 0 heterocycles. The van der Waals surface area contributed by atoms with Gasteiger partial charge in [0.15, 0.2) is 17.3 Å². The van der Waals surface area contributed by atoms with Gasteiger partial charge in [-0.2, -0.15) is 0 Å². The van der Waals surface area contributed by atoms with Crippen LogP contribution in [0.15, 0.2) is 12.1 Å². The minimum Gasteiger partial charge on any atom is -0.504 e. The summed E-state index contributed by atoms with van der Waals surface area (Å²) in [4.78, 5) is 11.4. The molecular weight excluding hydrogens is 192 g/mol. The smallest absolute Gasteiger partial charge is 0.171 e. The van der Waals surface area contributed by atoms with Crippen molar-refractivity contribution < 1.29 is 14.6 Å². The Morgan fingerprint density at radius 3 is 2.40 bits per heavy atom. The molecule has 0 aliphatic heterocycles. The quantitative estimate of drug-likeness (QED) is 0.777. The van der Waals surface area contributed by atoms with E-state index in [1.54, 1.807) is 12.1 Å². The molecule has 1 aromatic rings. The highest BCUT2D eigenvalue weighted by atomic mass is 16.5. The summed E-state index contributed by atoms with van der Waals surface area (Å²) in [5.41, 5.74) is 1.36. The number of carbonyl (C=O) groups excluding carboxylic acids is 1. The van der Waals surface area contributed by atoms with Crippen LogP contribution in [-0.4, -0.2) is 18.0 Å². The normalized spacial score (nSPS) is 10.5. The summed E-state index contributed by atoms with van der Waals surface area (Å²) in [5, 5.41) is 9.69. The summed E-state index contributed by atoms with van der Waals surface area (Å²) >= 11 is 0. The van der Waals surface area contributed by atoms with Crippen molar-refractivity contribution in [2.75, 3.05) is 7.11 Å². The van der Waals surface area contributed by atoms with Crippen molar-refractivity contribution in [3.63, 3.8) is 0 Å². The third-order valence-corrected chi connectivity index (χ3v) is 2.34. The Hall–Kier alpha value is -1.51. The maximum absolute atomic E-state index is 11.4. The number of rotatable bonds is 3. The Morgan fingerprint density at radius 2 is 2.00 bits per heavy atom. The summed E-state index contributed by atoms with van der Waals surface area (Å²) < 4.78 is 5.00. The third-order valence-electron chi connectivity index (χ3n) is 2.34. The zero-order valence-electron chi connectivity index (χ0n) is 9.50. The Labute approximate surface area is 89.7 Å². The van der Waals surface area contributed by atoms with Gasteiger partial charge in [0.1, 0.15) is 0 Å². The molecule has 0 aliphatic carbocycles. The van der Waals surface area contributed by atoms with Gasteiger partial charge >= 0.3 is 0 Å². The van der Waals surface area contributed by atoms with Crippen LogP contribution in [0.2, 0.25) is 0 Å². The van der Waals surface area contributed by atoms with E-state index in [2.05, 4.69) is 0 Å². The second-order valence-electron chi connectivity index (χ2n) is 3.83. The first-order valence-corrected chi connectivity index (χ1v) is 4.89. The fourth-order valence-electron chi connectivity index (χ4n) is 1.44. The minimum absolute atomic E-state index is 0.0221. The summed E-state index contributed by atoms with van der Waals surface area (Å²) in [6.45, 7) is 5.47. The molecule has 0 amide bonds. The number of benzene rings is 1. The number of methoxy groups -OCH3 is 1. The molecule has 0 unspecified atom stereocenters. The van der Waals surface area contributed by atoms with Crippen molar-refractivity contribution >= 4 is 5.78 Å². The van der Waals surface area contributed by atoms with Crippen LogP contribution < -0.4 is 4.74 Å². The topological polar surface area (TPSA) is 46.5 Å². The van der Waals surface area contributed by atoms with Gasteiger partial charge in [0.25, 0.3) is 0 Å². The van der Waals surface area contributed by atoms with Crippen molar-refractivity contribution in [2.24, 2.45) is 0 Å². The lowest BCUT2D eigenvalue weighted by Crippen LogP contribution is -2.00.